The van der Waals surface area contributed by atoms with Crippen LogP contribution in [0.1, 0.15) is 28.5 Å². The number of nitrogens with zero attached hydrogens (tertiary/aromatic N) is 1. The van der Waals surface area contributed by atoms with E-state index >= 15 is 0 Å². The van der Waals surface area contributed by atoms with Gasteiger partial charge in [0.2, 0.25) is 0 Å². The molecule has 0 heterocycles. The molecule has 2 atom stereocenters. The maximum atomic E-state index is 10.1. The highest BCUT2D eigenvalue weighted by atomic mass is 14.3. The fourth-order valence-electron chi connectivity index (χ4n) is 3.74. The standard InChI is InChI=1S/C25H19N/c26-18-24(20-10-3-1-4-11-20)25(21-13-5-2-6-14-21)23-17-9-15-19-12-7-8-16-22(19)23/h1-17,24-25H/t24-,25-/m0/s1. The zero-order chi connectivity index (χ0) is 17.8. The molecule has 0 radical (unpaired) electrons. The first kappa shape index (κ1) is 16.1. The van der Waals surface area contributed by atoms with Crippen LogP contribution in [-0.4, -0.2) is 0 Å². The van der Waals surface area contributed by atoms with Crippen molar-refractivity contribution >= 4 is 10.8 Å². The molecule has 0 aliphatic heterocycles. The zero-order valence-electron chi connectivity index (χ0n) is 14.4. The highest BCUT2D eigenvalue weighted by Gasteiger charge is 2.27. The Morgan fingerprint density at radius 1 is 0.577 bits per heavy atom. The van der Waals surface area contributed by atoms with Crippen molar-refractivity contribution in [2.24, 2.45) is 0 Å². The molecule has 0 amide bonds. The fourth-order valence-corrected chi connectivity index (χ4v) is 3.74. The predicted molar refractivity (Wildman–Crippen MR) is 107 cm³/mol. The summed E-state index contributed by atoms with van der Waals surface area (Å²) in [4.78, 5) is 0. The van der Waals surface area contributed by atoms with Crippen LogP contribution in [0.2, 0.25) is 0 Å². The molecule has 0 unspecified atom stereocenters. The molecule has 0 N–H and O–H groups in total. The molecule has 26 heavy (non-hydrogen) atoms. The first-order valence-electron chi connectivity index (χ1n) is 8.85. The van der Waals surface area contributed by atoms with Gasteiger partial charge in [-0.25, -0.2) is 0 Å². The van der Waals surface area contributed by atoms with Crippen molar-refractivity contribution in [1.29, 1.82) is 5.26 Å². The number of benzene rings is 4. The molecule has 4 rings (SSSR count). The van der Waals surface area contributed by atoms with Gasteiger partial charge in [-0.1, -0.05) is 103 Å². The topological polar surface area (TPSA) is 23.8 Å². The Morgan fingerprint density at radius 3 is 1.85 bits per heavy atom. The van der Waals surface area contributed by atoms with Crippen LogP contribution < -0.4 is 0 Å². The van der Waals surface area contributed by atoms with Gasteiger partial charge in [-0.2, -0.15) is 5.26 Å². The van der Waals surface area contributed by atoms with E-state index in [0.717, 1.165) is 5.56 Å². The van der Waals surface area contributed by atoms with Crippen molar-refractivity contribution in [3.8, 4) is 6.07 Å². The van der Waals surface area contributed by atoms with E-state index in [-0.39, 0.29) is 11.8 Å². The summed E-state index contributed by atoms with van der Waals surface area (Å²) in [6.45, 7) is 0. The summed E-state index contributed by atoms with van der Waals surface area (Å²) in [6.07, 6.45) is 0. The average molecular weight is 333 g/mol. The van der Waals surface area contributed by atoms with E-state index in [0.29, 0.717) is 0 Å². The normalized spacial score (nSPS) is 13.0. The van der Waals surface area contributed by atoms with Crippen LogP contribution in [0.15, 0.2) is 103 Å². The maximum absolute atomic E-state index is 10.1. The van der Waals surface area contributed by atoms with Gasteiger partial charge in [0.15, 0.2) is 0 Å². The molecule has 0 spiro atoms. The second-order valence-corrected chi connectivity index (χ2v) is 6.47. The minimum Gasteiger partial charge on any atom is -0.198 e. The number of hydrogen-bond acceptors (Lipinski definition) is 1. The van der Waals surface area contributed by atoms with Gasteiger partial charge >= 0.3 is 0 Å². The van der Waals surface area contributed by atoms with Gasteiger partial charge in [0, 0.05) is 5.92 Å². The van der Waals surface area contributed by atoms with Crippen LogP contribution in [-0.2, 0) is 0 Å². The average Bonchev–Trinajstić information content (AvgIpc) is 2.73. The SMILES string of the molecule is N#C[C@@H](c1ccccc1)[C@@H](c1ccccc1)c1cccc2ccccc12. The molecule has 0 aromatic heterocycles. The van der Waals surface area contributed by atoms with Crippen molar-refractivity contribution in [2.45, 2.75) is 11.8 Å². The molecule has 124 valence electrons. The quantitative estimate of drug-likeness (QED) is 0.431. The third kappa shape index (κ3) is 2.98. The van der Waals surface area contributed by atoms with Crippen molar-refractivity contribution in [2.75, 3.05) is 0 Å². The van der Waals surface area contributed by atoms with E-state index in [1.807, 2.05) is 36.4 Å². The third-order valence-corrected chi connectivity index (χ3v) is 4.95. The van der Waals surface area contributed by atoms with E-state index < -0.39 is 0 Å². The Labute approximate surface area is 154 Å². The van der Waals surface area contributed by atoms with Gasteiger partial charge in [-0.3, -0.25) is 0 Å². The molecular weight excluding hydrogens is 314 g/mol. The van der Waals surface area contributed by atoms with E-state index in [1.165, 1.54) is 21.9 Å². The van der Waals surface area contributed by atoms with E-state index in [4.69, 9.17) is 0 Å². The lowest BCUT2D eigenvalue weighted by Gasteiger charge is -2.25. The fraction of sp³-hybridized carbons (Fsp3) is 0.0800. The molecule has 0 fully saturated rings. The lowest BCUT2D eigenvalue weighted by Crippen LogP contribution is -2.12. The number of hydrogen-bond donors (Lipinski definition) is 0. The highest BCUT2D eigenvalue weighted by molar-refractivity contribution is 5.86. The van der Waals surface area contributed by atoms with Gasteiger partial charge in [0.1, 0.15) is 0 Å². The van der Waals surface area contributed by atoms with Crippen LogP contribution >= 0.6 is 0 Å². The molecule has 0 aliphatic rings. The molecule has 4 aromatic carbocycles. The Bertz CT molecular complexity index is 1040. The van der Waals surface area contributed by atoms with Crippen molar-refractivity contribution < 1.29 is 0 Å². The minimum atomic E-state index is -0.246. The Balaban J connectivity index is 1.96. The lowest BCUT2D eigenvalue weighted by atomic mass is 9.76. The van der Waals surface area contributed by atoms with Gasteiger partial charge in [-0.15, -0.1) is 0 Å². The van der Waals surface area contributed by atoms with Crippen molar-refractivity contribution in [3.63, 3.8) is 0 Å². The van der Waals surface area contributed by atoms with Gasteiger partial charge in [0.25, 0.3) is 0 Å². The van der Waals surface area contributed by atoms with Gasteiger partial charge in [-0.05, 0) is 27.5 Å². The molecule has 0 bridgehead atoms. The van der Waals surface area contributed by atoms with E-state index in [2.05, 4.69) is 72.8 Å². The summed E-state index contributed by atoms with van der Waals surface area (Å²) < 4.78 is 0. The Kier molecular flexibility index (Phi) is 4.50. The molecule has 4 aromatic rings. The zero-order valence-corrected chi connectivity index (χ0v) is 14.4. The first-order chi connectivity index (χ1) is 12.9. The maximum Gasteiger partial charge on any atom is 0.0822 e. The van der Waals surface area contributed by atoms with Crippen LogP contribution in [0.3, 0.4) is 0 Å². The number of fused-ring (bicyclic) bond motifs is 1. The largest absolute Gasteiger partial charge is 0.198 e. The second kappa shape index (κ2) is 7.25. The number of nitriles is 1. The van der Waals surface area contributed by atoms with Crippen molar-refractivity contribution in [3.05, 3.63) is 120 Å². The summed E-state index contributed by atoms with van der Waals surface area (Å²) in [5.74, 6) is -0.265. The van der Waals surface area contributed by atoms with E-state index in [9.17, 15) is 5.26 Å². The summed E-state index contributed by atoms with van der Waals surface area (Å²) in [6, 6.07) is 37.8. The van der Waals surface area contributed by atoms with Crippen LogP contribution in [0, 0.1) is 11.3 Å². The minimum absolute atomic E-state index is 0.0188. The molecule has 0 saturated carbocycles. The molecular formula is C25H19N. The van der Waals surface area contributed by atoms with Crippen molar-refractivity contribution in [1.82, 2.24) is 0 Å². The highest BCUT2D eigenvalue weighted by Crippen LogP contribution is 2.40. The predicted octanol–water partition coefficient (Wildman–Crippen LogP) is 6.28. The molecule has 0 saturated heterocycles. The molecule has 1 heteroatoms. The smallest absolute Gasteiger partial charge is 0.0822 e. The number of rotatable bonds is 4. The third-order valence-electron chi connectivity index (χ3n) is 4.95. The van der Waals surface area contributed by atoms with Gasteiger partial charge < -0.3 is 0 Å². The van der Waals surface area contributed by atoms with Crippen LogP contribution in [0.5, 0.6) is 0 Å². The second-order valence-electron chi connectivity index (χ2n) is 6.47. The van der Waals surface area contributed by atoms with Crippen LogP contribution in [0.4, 0.5) is 0 Å². The summed E-state index contributed by atoms with van der Waals surface area (Å²) in [5.41, 5.74) is 3.42. The summed E-state index contributed by atoms with van der Waals surface area (Å²) in [7, 11) is 0. The first-order valence-corrected chi connectivity index (χ1v) is 8.85. The van der Waals surface area contributed by atoms with Crippen LogP contribution in [0.25, 0.3) is 10.8 Å². The Hall–Kier alpha value is -3.37. The summed E-state index contributed by atoms with van der Waals surface area (Å²) in [5, 5.41) is 12.5. The van der Waals surface area contributed by atoms with Gasteiger partial charge in [0.05, 0.1) is 12.0 Å². The molecule has 0 aliphatic carbocycles. The monoisotopic (exact) mass is 333 g/mol. The Morgan fingerprint density at radius 2 is 1.15 bits per heavy atom. The summed E-state index contributed by atoms with van der Waals surface area (Å²) >= 11 is 0. The van der Waals surface area contributed by atoms with E-state index in [1.54, 1.807) is 0 Å². The lowest BCUT2D eigenvalue weighted by molar-refractivity contribution is 0.731. The molecule has 1 nitrogen and oxygen atoms in total.